The molecule has 1 saturated heterocycles. The van der Waals surface area contributed by atoms with Gasteiger partial charge in [-0.1, -0.05) is 20.8 Å². The Kier molecular flexibility index (Phi) is 4.70. The normalized spacial score (nSPS) is 23.9. The number of esters is 1. The van der Waals surface area contributed by atoms with Crippen molar-refractivity contribution in [1.82, 2.24) is 10.2 Å². The first-order valence-corrected chi connectivity index (χ1v) is 7.22. The summed E-state index contributed by atoms with van der Waals surface area (Å²) in [6, 6.07) is 0. The maximum atomic E-state index is 12.7. The van der Waals surface area contributed by atoms with Crippen LogP contribution in [0.4, 0.5) is 0 Å². The lowest BCUT2D eigenvalue weighted by Crippen LogP contribution is -2.65. The maximum Gasteiger partial charge on any atom is 0.330 e. The van der Waals surface area contributed by atoms with E-state index in [2.05, 4.69) is 5.32 Å². The first kappa shape index (κ1) is 17.5. The molecule has 0 saturated carbocycles. The van der Waals surface area contributed by atoms with Gasteiger partial charge in [0, 0.05) is 17.5 Å². The number of ether oxygens (including phenoxy) is 1. The summed E-state index contributed by atoms with van der Waals surface area (Å²) in [5.74, 6) is -3.28. The van der Waals surface area contributed by atoms with Crippen LogP contribution in [0.5, 0.6) is 0 Å². The van der Waals surface area contributed by atoms with E-state index in [4.69, 9.17) is 4.74 Å². The second-order valence-corrected chi connectivity index (χ2v) is 7.36. The zero-order valence-electron chi connectivity index (χ0n) is 13.9. The molecule has 1 fully saturated rings. The molecule has 1 N–H and O–H groups in total. The quantitative estimate of drug-likeness (QED) is 0.616. The lowest BCUT2D eigenvalue weighted by Gasteiger charge is -2.49. The number of nitrogens with zero attached hydrogens (tertiary/aromatic N) is 1. The van der Waals surface area contributed by atoms with Gasteiger partial charge in [-0.3, -0.25) is 14.4 Å². The van der Waals surface area contributed by atoms with Gasteiger partial charge in [0.1, 0.15) is 0 Å². The Morgan fingerprint density at radius 3 is 2.10 bits per heavy atom. The molecule has 1 rings (SSSR count). The predicted molar refractivity (Wildman–Crippen MR) is 78.1 cm³/mol. The van der Waals surface area contributed by atoms with E-state index in [0.29, 0.717) is 6.54 Å². The van der Waals surface area contributed by atoms with Crippen molar-refractivity contribution in [3.8, 4) is 0 Å². The van der Waals surface area contributed by atoms with E-state index in [1.807, 2.05) is 41.5 Å². The van der Waals surface area contributed by atoms with Crippen LogP contribution in [0.1, 0.15) is 48.5 Å². The Morgan fingerprint density at radius 2 is 1.71 bits per heavy atom. The molecule has 120 valence electrons. The van der Waals surface area contributed by atoms with Gasteiger partial charge in [0.25, 0.3) is 0 Å². The number of amides is 2. The molecule has 0 aliphatic carbocycles. The minimum Gasteiger partial charge on any atom is -0.440 e. The first-order chi connectivity index (χ1) is 9.41. The SMILES string of the molecule is CCNC(=O)C1C(=O)OC(C(C)(C)C)N(C(C)(C)C)C1=O. The molecule has 6 nitrogen and oxygen atoms in total. The number of hydrogen-bond donors (Lipinski definition) is 1. The van der Waals surface area contributed by atoms with Gasteiger partial charge in [0.05, 0.1) is 0 Å². The van der Waals surface area contributed by atoms with Crippen molar-refractivity contribution in [2.45, 2.75) is 60.2 Å². The van der Waals surface area contributed by atoms with E-state index in [0.717, 1.165) is 0 Å². The van der Waals surface area contributed by atoms with Crippen molar-refractivity contribution in [3.63, 3.8) is 0 Å². The second kappa shape index (κ2) is 5.66. The molecular weight excluding hydrogens is 272 g/mol. The predicted octanol–water partition coefficient (Wildman–Crippen LogP) is 1.29. The van der Waals surface area contributed by atoms with Crippen LogP contribution in [0, 0.1) is 11.3 Å². The van der Waals surface area contributed by atoms with Crippen LogP contribution < -0.4 is 5.32 Å². The summed E-state index contributed by atoms with van der Waals surface area (Å²) in [5, 5.41) is 2.51. The van der Waals surface area contributed by atoms with Crippen molar-refractivity contribution >= 4 is 17.8 Å². The summed E-state index contributed by atoms with van der Waals surface area (Å²) in [7, 11) is 0. The number of hydrogen-bond acceptors (Lipinski definition) is 4. The Hall–Kier alpha value is -1.59. The van der Waals surface area contributed by atoms with Gasteiger partial charge < -0.3 is 15.0 Å². The highest BCUT2D eigenvalue weighted by atomic mass is 16.6. The fourth-order valence-corrected chi connectivity index (χ4v) is 2.33. The minimum atomic E-state index is -1.41. The highest BCUT2D eigenvalue weighted by Crippen LogP contribution is 2.35. The van der Waals surface area contributed by atoms with Crippen LogP contribution >= 0.6 is 0 Å². The van der Waals surface area contributed by atoms with E-state index in [1.165, 1.54) is 4.90 Å². The largest absolute Gasteiger partial charge is 0.440 e. The topological polar surface area (TPSA) is 75.7 Å². The Morgan fingerprint density at radius 1 is 1.19 bits per heavy atom. The summed E-state index contributed by atoms with van der Waals surface area (Å²) in [5.41, 5.74) is -0.995. The molecule has 2 atom stereocenters. The summed E-state index contributed by atoms with van der Waals surface area (Å²) in [6.07, 6.45) is -0.692. The highest BCUT2D eigenvalue weighted by Gasteiger charge is 2.53. The zero-order valence-corrected chi connectivity index (χ0v) is 13.9. The third-order valence-corrected chi connectivity index (χ3v) is 3.26. The van der Waals surface area contributed by atoms with Crippen molar-refractivity contribution in [2.75, 3.05) is 6.54 Å². The Bertz CT molecular complexity index is 446. The molecule has 1 heterocycles. The Labute approximate surface area is 126 Å². The van der Waals surface area contributed by atoms with Crippen molar-refractivity contribution in [1.29, 1.82) is 0 Å². The molecule has 2 amide bonds. The molecule has 21 heavy (non-hydrogen) atoms. The molecule has 0 bridgehead atoms. The van der Waals surface area contributed by atoms with Gasteiger partial charge in [0.15, 0.2) is 6.23 Å². The Balaban J connectivity index is 3.23. The van der Waals surface area contributed by atoms with Gasteiger partial charge in [-0.15, -0.1) is 0 Å². The molecule has 2 unspecified atom stereocenters. The average Bonchev–Trinajstić information content (AvgIpc) is 2.25. The van der Waals surface area contributed by atoms with Crippen molar-refractivity contribution < 1.29 is 19.1 Å². The van der Waals surface area contributed by atoms with Gasteiger partial charge in [0.2, 0.25) is 17.7 Å². The van der Waals surface area contributed by atoms with Crippen molar-refractivity contribution in [3.05, 3.63) is 0 Å². The summed E-state index contributed by atoms with van der Waals surface area (Å²) >= 11 is 0. The van der Waals surface area contributed by atoms with E-state index >= 15 is 0 Å². The van der Waals surface area contributed by atoms with Crippen molar-refractivity contribution in [2.24, 2.45) is 11.3 Å². The minimum absolute atomic E-state index is 0.355. The number of carbonyl (C=O) groups excluding carboxylic acids is 3. The van der Waals surface area contributed by atoms with Crippen LogP contribution in [-0.2, 0) is 19.1 Å². The molecule has 1 aliphatic heterocycles. The van der Waals surface area contributed by atoms with Crippen LogP contribution in [0.25, 0.3) is 0 Å². The van der Waals surface area contributed by atoms with E-state index in [9.17, 15) is 14.4 Å². The zero-order chi connectivity index (χ0) is 16.6. The summed E-state index contributed by atoms with van der Waals surface area (Å²) < 4.78 is 5.45. The van der Waals surface area contributed by atoms with E-state index in [1.54, 1.807) is 6.92 Å². The molecular formula is C15H26N2O4. The molecule has 0 aromatic rings. The van der Waals surface area contributed by atoms with Crippen LogP contribution in [-0.4, -0.2) is 41.0 Å². The molecule has 6 heteroatoms. The first-order valence-electron chi connectivity index (χ1n) is 7.22. The number of nitrogens with one attached hydrogen (secondary N) is 1. The second-order valence-electron chi connectivity index (χ2n) is 7.36. The van der Waals surface area contributed by atoms with Crippen LogP contribution in [0.2, 0.25) is 0 Å². The van der Waals surface area contributed by atoms with Crippen LogP contribution in [0.15, 0.2) is 0 Å². The number of carbonyl (C=O) groups is 3. The monoisotopic (exact) mass is 298 g/mol. The summed E-state index contributed by atoms with van der Waals surface area (Å²) in [4.78, 5) is 38.3. The fraction of sp³-hybridized carbons (Fsp3) is 0.800. The van der Waals surface area contributed by atoms with Crippen LogP contribution in [0.3, 0.4) is 0 Å². The summed E-state index contributed by atoms with van der Waals surface area (Å²) in [6.45, 7) is 13.3. The van der Waals surface area contributed by atoms with Gasteiger partial charge in [-0.05, 0) is 27.7 Å². The standard InChI is InChI=1S/C15H26N2O4/c1-8-16-10(18)9-11(19)17(15(5,6)7)13(14(2,3)4)21-12(9)20/h9,13H,8H2,1-7H3,(H,16,18). The maximum absolute atomic E-state index is 12.7. The molecule has 0 spiro atoms. The lowest BCUT2D eigenvalue weighted by atomic mass is 9.87. The molecule has 0 aromatic carbocycles. The van der Waals surface area contributed by atoms with Gasteiger partial charge >= 0.3 is 5.97 Å². The highest BCUT2D eigenvalue weighted by molar-refractivity contribution is 6.17. The average molecular weight is 298 g/mol. The number of cyclic esters (lactones) is 1. The van der Waals surface area contributed by atoms with Gasteiger partial charge in [-0.2, -0.15) is 0 Å². The van der Waals surface area contributed by atoms with E-state index in [-0.39, 0.29) is 0 Å². The fourth-order valence-electron chi connectivity index (χ4n) is 2.33. The third-order valence-electron chi connectivity index (χ3n) is 3.26. The number of rotatable bonds is 2. The van der Waals surface area contributed by atoms with E-state index < -0.39 is 40.9 Å². The molecule has 1 aliphatic rings. The third kappa shape index (κ3) is 3.54. The molecule has 0 radical (unpaired) electrons. The lowest BCUT2D eigenvalue weighted by molar-refractivity contribution is -0.208. The smallest absolute Gasteiger partial charge is 0.330 e. The molecule has 0 aromatic heterocycles. The van der Waals surface area contributed by atoms with Gasteiger partial charge in [-0.25, -0.2) is 0 Å².